The maximum absolute atomic E-state index is 11.3. The molecule has 1 amide bonds. The number of nitrogens with one attached hydrogen (secondary N) is 2. The summed E-state index contributed by atoms with van der Waals surface area (Å²) in [5.41, 5.74) is 0.216. The number of hydrogen-bond donors (Lipinski definition) is 2. The van der Waals surface area contributed by atoms with Gasteiger partial charge in [-0.05, 0) is 0 Å². The normalized spacial score (nSPS) is 10.0. The molecule has 0 saturated carbocycles. The van der Waals surface area contributed by atoms with Crippen LogP contribution in [0.5, 0.6) is 0 Å². The average Bonchev–Trinajstić information content (AvgIpc) is 2.87. The van der Waals surface area contributed by atoms with Crippen molar-refractivity contribution in [1.29, 1.82) is 0 Å². The molecule has 2 rings (SSSR count). The van der Waals surface area contributed by atoms with Gasteiger partial charge in [0.1, 0.15) is 6.26 Å². The zero-order chi connectivity index (χ0) is 9.80. The molecule has 0 fully saturated rings. The first-order valence-corrected chi connectivity index (χ1v) is 3.77. The molecule has 2 N–H and O–H groups in total. The molecule has 0 unspecified atom stereocenters. The largest absolute Gasteiger partial charge is 0.364 e. The minimum absolute atomic E-state index is 0.197. The van der Waals surface area contributed by atoms with Crippen molar-refractivity contribution in [3.8, 4) is 0 Å². The lowest BCUT2D eigenvalue weighted by molar-refractivity contribution is 0.0941. The Bertz CT molecular complexity index is 394. The number of aromatic amines is 1. The SMILES string of the molecule is O=C(NCc1nn[nH]n1)c1ccon1. The fourth-order valence-electron chi connectivity index (χ4n) is 0.837. The Balaban J connectivity index is 1.90. The lowest BCUT2D eigenvalue weighted by Crippen LogP contribution is -2.23. The average molecular weight is 194 g/mol. The van der Waals surface area contributed by atoms with Crippen molar-refractivity contribution >= 4 is 5.91 Å². The minimum atomic E-state index is -0.344. The molecule has 0 spiro atoms. The number of H-pyrrole nitrogens is 1. The summed E-state index contributed by atoms with van der Waals surface area (Å²) >= 11 is 0. The van der Waals surface area contributed by atoms with E-state index in [0.29, 0.717) is 5.82 Å². The fourth-order valence-corrected chi connectivity index (χ4v) is 0.837. The standard InChI is InChI=1S/C6H6N6O2/c13-6(4-1-2-14-10-4)7-3-5-8-11-12-9-5/h1-2H,3H2,(H,7,13)(H,8,9,11,12). The van der Waals surface area contributed by atoms with Crippen LogP contribution in [0, 0.1) is 0 Å². The van der Waals surface area contributed by atoms with Crippen molar-refractivity contribution in [3.63, 3.8) is 0 Å². The van der Waals surface area contributed by atoms with Crippen LogP contribution >= 0.6 is 0 Å². The van der Waals surface area contributed by atoms with Gasteiger partial charge in [0, 0.05) is 6.07 Å². The lowest BCUT2D eigenvalue weighted by Gasteiger charge is -1.96. The van der Waals surface area contributed by atoms with E-state index in [1.807, 2.05) is 0 Å². The number of rotatable bonds is 3. The van der Waals surface area contributed by atoms with Gasteiger partial charge in [-0.2, -0.15) is 5.21 Å². The van der Waals surface area contributed by atoms with Gasteiger partial charge in [0.15, 0.2) is 11.5 Å². The van der Waals surface area contributed by atoms with Crippen LogP contribution in [-0.4, -0.2) is 31.7 Å². The Morgan fingerprint density at radius 1 is 1.64 bits per heavy atom. The highest BCUT2D eigenvalue weighted by atomic mass is 16.5. The Kier molecular flexibility index (Phi) is 2.17. The molecule has 2 heterocycles. The third-order valence-corrected chi connectivity index (χ3v) is 1.47. The van der Waals surface area contributed by atoms with Gasteiger partial charge in [-0.15, -0.1) is 10.2 Å². The Labute approximate surface area is 77.7 Å². The van der Waals surface area contributed by atoms with Crippen LogP contribution in [0.1, 0.15) is 16.3 Å². The highest BCUT2D eigenvalue weighted by molar-refractivity contribution is 5.91. The highest BCUT2D eigenvalue weighted by Crippen LogP contribution is 1.94. The predicted molar refractivity (Wildman–Crippen MR) is 41.9 cm³/mol. The molecule has 0 bridgehead atoms. The Morgan fingerprint density at radius 3 is 3.21 bits per heavy atom. The van der Waals surface area contributed by atoms with Gasteiger partial charge >= 0.3 is 0 Å². The second-order valence-corrected chi connectivity index (χ2v) is 2.40. The smallest absolute Gasteiger partial charge is 0.273 e. The number of carbonyl (C=O) groups is 1. The van der Waals surface area contributed by atoms with Crippen LogP contribution in [0.25, 0.3) is 0 Å². The molecule has 0 aromatic carbocycles. The van der Waals surface area contributed by atoms with Crippen LogP contribution in [0.3, 0.4) is 0 Å². The molecule has 0 aliphatic carbocycles. The summed E-state index contributed by atoms with van der Waals surface area (Å²) in [5.74, 6) is 0.0606. The van der Waals surface area contributed by atoms with Gasteiger partial charge in [-0.1, -0.05) is 10.4 Å². The molecule has 72 valence electrons. The molecule has 0 aliphatic heterocycles. The number of amides is 1. The minimum Gasteiger partial charge on any atom is -0.364 e. The molecule has 2 aromatic heterocycles. The summed E-state index contributed by atoms with van der Waals surface area (Å²) in [6.45, 7) is 0.197. The first-order valence-electron chi connectivity index (χ1n) is 3.77. The molecular weight excluding hydrogens is 188 g/mol. The molecule has 8 heteroatoms. The van der Waals surface area contributed by atoms with E-state index < -0.39 is 0 Å². The lowest BCUT2D eigenvalue weighted by atomic mass is 10.4. The van der Waals surface area contributed by atoms with E-state index in [9.17, 15) is 4.79 Å². The number of nitrogens with zero attached hydrogens (tertiary/aromatic N) is 4. The predicted octanol–water partition coefficient (Wildman–Crippen LogP) is -0.882. The van der Waals surface area contributed by atoms with Crippen LogP contribution in [0.4, 0.5) is 0 Å². The summed E-state index contributed by atoms with van der Waals surface area (Å²) in [5, 5.41) is 18.9. The van der Waals surface area contributed by atoms with Gasteiger partial charge in [-0.3, -0.25) is 4.79 Å². The third-order valence-electron chi connectivity index (χ3n) is 1.47. The van der Waals surface area contributed by atoms with Crippen LogP contribution in [0.15, 0.2) is 16.9 Å². The molecule has 0 atom stereocenters. The van der Waals surface area contributed by atoms with E-state index in [0.717, 1.165) is 0 Å². The molecule has 8 nitrogen and oxygen atoms in total. The quantitative estimate of drug-likeness (QED) is 0.656. The molecule has 0 saturated heterocycles. The summed E-state index contributed by atoms with van der Waals surface area (Å²) in [4.78, 5) is 11.3. The zero-order valence-corrected chi connectivity index (χ0v) is 6.97. The summed E-state index contributed by atoms with van der Waals surface area (Å²) in [6.07, 6.45) is 1.32. The van der Waals surface area contributed by atoms with Crippen molar-refractivity contribution in [1.82, 2.24) is 31.1 Å². The number of aromatic nitrogens is 5. The molecule has 0 aliphatic rings. The van der Waals surface area contributed by atoms with Crippen LogP contribution in [0.2, 0.25) is 0 Å². The first kappa shape index (κ1) is 8.35. The molecule has 0 radical (unpaired) electrons. The second kappa shape index (κ2) is 3.64. The fraction of sp³-hybridized carbons (Fsp3) is 0.167. The van der Waals surface area contributed by atoms with E-state index in [1.54, 1.807) is 0 Å². The van der Waals surface area contributed by atoms with Gasteiger partial charge in [-0.25, -0.2) is 0 Å². The number of carbonyl (C=O) groups excluding carboxylic acids is 1. The first-order chi connectivity index (χ1) is 6.86. The van der Waals surface area contributed by atoms with E-state index in [-0.39, 0.29) is 18.1 Å². The van der Waals surface area contributed by atoms with Crippen molar-refractivity contribution in [2.45, 2.75) is 6.54 Å². The topological polar surface area (TPSA) is 110 Å². The van der Waals surface area contributed by atoms with Crippen molar-refractivity contribution in [3.05, 3.63) is 23.8 Å². The maximum Gasteiger partial charge on any atom is 0.273 e. The Hall–Kier alpha value is -2.25. The summed E-state index contributed by atoms with van der Waals surface area (Å²) in [6, 6.07) is 1.46. The third kappa shape index (κ3) is 1.73. The van der Waals surface area contributed by atoms with Gasteiger partial charge in [0.05, 0.1) is 6.54 Å². The van der Waals surface area contributed by atoms with Crippen molar-refractivity contribution < 1.29 is 9.32 Å². The van der Waals surface area contributed by atoms with E-state index in [2.05, 4.69) is 35.6 Å². The van der Waals surface area contributed by atoms with Crippen LogP contribution in [-0.2, 0) is 6.54 Å². The van der Waals surface area contributed by atoms with E-state index in [1.165, 1.54) is 12.3 Å². The van der Waals surface area contributed by atoms with Crippen LogP contribution < -0.4 is 5.32 Å². The van der Waals surface area contributed by atoms with Gasteiger partial charge in [0.25, 0.3) is 5.91 Å². The molecule has 2 aromatic rings. The Morgan fingerprint density at radius 2 is 2.57 bits per heavy atom. The van der Waals surface area contributed by atoms with Gasteiger partial charge in [0.2, 0.25) is 0 Å². The number of hydrogen-bond acceptors (Lipinski definition) is 6. The number of tetrazole rings is 1. The monoisotopic (exact) mass is 194 g/mol. The molecular formula is C6H6N6O2. The summed E-state index contributed by atoms with van der Waals surface area (Å²) in [7, 11) is 0. The summed E-state index contributed by atoms with van der Waals surface area (Å²) < 4.78 is 4.51. The second-order valence-electron chi connectivity index (χ2n) is 2.40. The van der Waals surface area contributed by atoms with Crippen molar-refractivity contribution in [2.24, 2.45) is 0 Å². The van der Waals surface area contributed by atoms with E-state index in [4.69, 9.17) is 0 Å². The maximum atomic E-state index is 11.3. The highest BCUT2D eigenvalue weighted by Gasteiger charge is 2.08. The van der Waals surface area contributed by atoms with Gasteiger partial charge < -0.3 is 9.84 Å². The van der Waals surface area contributed by atoms with Crippen molar-refractivity contribution in [2.75, 3.05) is 0 Å². The van der Waals surface area contributed by atoms with E-state index >= 15 is 0 Å². The zero-order valence-electron chi connectivity index (χ0n) is 6.97. The molecule has 14 heavy (non-hydrogen) atoms.